The summed E-state index contributed by atoms with van der Waals surface area (Å²) in [5.74, 6) is 0.479. The number of hydrogen-bond donors (Lipinski definition) is 1. The Balaban J connectivity index is 0.00000300. The zero-order valence-electron chi connectivity index (χ0n) is 17.8. The normalized spacial score (nSPS) is 17.6. The molecule has 0 radical (unpaired) electrons. The molecule has 0 unspecified atom stereocenters. The first-order chi connectivity index (χ1) is 13.5. The molecular formula is C23H36ClN3O2. The third-order valence-corrected chi connectivity index (χ3v) is 6.80. The number of halogens is 1. The molecule has 6 heteroatoms. The number of nitrogens with two attached hydrogens (primary N) is 1. The van der Waals surface area contributed by atoms with Crippen LogP contribution in [0.4, 0.5) is 0 Å². The zero-order valence-corrected chi connectivity index (χ0v) is 18.6. The average Bonchev–Trinajstić information content (AvgIpc) is 3.59. The van der Waals surface area contributed by atoms with Crippen molar-refractivity contribution in [3.05, 3.63) is 35.9 Å². The van der Waals surface area contributed by atoms with Gasteiger partial charge in [0.1, 0.15) is 0 Å². The molecule has 1 heterocycles. The van der Waals surface area contributed by atoms with Crippen LogP contribution in [-0.2, 0) is 16.1 Å². The van der Waals surface area contributed by atoms with Crippen LogP contribution in [0, 0.1) is 11.3 Å². The number of carbonyl (C=O) groups is 2. The fourth-order valence-electron chi connectivity index (χ4n) is 4.38. The minimum absolute atomic E-state index is 0. The van der Waals surface area contributed by atoms with Gasteiger partial charge in [0.2, 0.25) is 11.8 Å². The molecule has 0 spiro atoms. The van der Waals surface area contributed by atoms with E-state index in [2.05, 4.69) is 17.0 Å². The molecule has 2 amide bonds. The Kier molecular flexibility index (Phi) is 8.53. The van der Waals surface area contributed by atoms with E-state index in [0.717, 1.165) is 38.5 Å². The van der Waals surface area contributed by atoms with Crippen LogP contribution < -0.4 is 5.73 Å². The van der Waals surface area contributed by atoms with E-state index in [-0.39, 0.29) is 30.1 Å². The van der Waals surface area contributed by atoms with Crippen LogP contribution in [0.3, 0.4) is 0 Å². The Morgan fingerprint density at radius 2 is 1.66 bits per heavy atom. The molecule has 2 N–H and O–H groups in total. The molecule has 29 heavy (non-hydrogen) atoms. The van der Waals surface area contributed by atoms with E-state index in [9.17, 15) is 9.59 Å². The highest BCUT2D eigenvalue weighted by Gasteiger charge is 2.41. The maximum absolute atomic E-state index is 13.2. The molecule has 3 rings (SSSR count). The molecule has 1 aromatic rings. The van der Waals surface area contributed by atoms with Crippen molar-refractivity contribution in [1.29, 1.82) is 0 Å². The van der Waals surface area contributed by atoms with Crippen LogP contribution in [0.25, 0.3) is 0 Å². The van der Waals surface area contributed by atoms with Gasteiger partial charge in [0, 0.05) is 38.1 Å². The summed E-state index contributed by atoms with van der Waals surface area (Å²) in [4.78, 5) is 30.3. The number of piperidine rings is 1. The molecule has 0 bridgehead atoms. The van der Waals surface area contributed by atoms with Crippen molar-refractivity contribution >= 4 is 24.2 Å². The lowest BCUT2D eigenvalue weighted by molar-refractivity contribution is -0.147. The van der Waals surface area contributed by atoms with Crippen molar-refractivity contribution in [3.63, 3.8) is 0 Å². The first-order valence-corrected chi connectivity index (χ1v) is 10.9. The lowest BCUT2D eigenvalue weighted by atomic mass is 9.80. The summed E-state index contributed by atoms with van der Waals surface area (Å²) < 4.78 is 0. The number of rotatable bonds is 8. The maximum Gasteiger partial charge on any atom is 0.230 e. The quantitative estimate of drug-likeness (QED) is 0.697. The molecule has 1 saturated heterocycles. The van der Waals surface area contributed by atoms with Crippen LogP contribution in [-0.4, -0.2) is 47.3 Å². The SMILES string of the molecule is CCC(CC)(CN)C(=O)N1CCC(C(=O)N(Cc2ccccc2)C2CC2)CC1.Cl. The highest BCUT2D eigenvalue weighted by molar-refractivity contribution is 5.85. The molecule has 1 aromatic carbocycles. The van der Waals surface area contributed by atoms with Crippen molar-refractivity contribution < 1.29 is 9.59 Å². The van der Waals surface area contributed by atoms with Gasteiger partial charge >= 0.3 is 0 Å². The lowest BCUT2D eigenvalue weighted by Crippen LogP contribution is -2.51. The van der Waals surface area contributed by atoms with Gasteiger partial charge in [0.15, 0.2) is 0 Å². The monoisotopic (exact) mass is 421 g/mol. The summed E-state index contributed by atoms with van der Waals surface area (Å²) in [6.45, 7) is 6.51. The smallest absolute Gasteiger partial charge is 0.230 e. The number of amides is 2. The van der Waals surface area contributed by atoms with E-state index >= 15 is 0 Å². The molecule has 1 aliphatic heterocycles. The minimum Gasteiger partial charge on any atom is -0.342 e. The number of benzene rings is 1. The third-order valence-electron chi connectivity index (χ3n) is 6.80. The van der Waals surface area contributed by atoms with E-state index in [0.29, 0.717) is 32.2 Å². The highest BCUT2D eigenvalue weighted by atomic mass is 35.5. The fraction of sp³-hybridized carbons (Fsp3) is 0.652. The van der Waals surface area contributed by atoms with Crippen molar-refractivity contribution in [2.24, 2.45) is 17.1 Å². The zero-order chi connectivity index (χ0) is 20.1. The second kappa shape index (κ2) is 10.4. The standard InChI is InChI=1S/C23H35N3O2.ClH/c1-3-23(4-2,17-24)22(28)25-14-12-19(13-15-25)21(27)26(20-10-11-20)16-18-8-6-5-7-9-18;/h5-9,19-20H,3-4,10-17,24H2,1-2H3;1H. The first-order valence-electron chi connectivity index (χ1n) is 10.9. The Labute approximate surface area is 181 Å². The predicted molar refractivity (Wildman–Crippen MR) is 119 cm³/mol. The molecule has 162 valence electrons. The van der Waals surface area contributed by atoms with Gasteiger partial charge in [-0.25, -0.2) is 0 Å². The highest BCUT2D eigenvalue weighted by Crippen LogP contribution is 2.33. The van der Waals surface area contributed by atoms with Gasteiger partial charge in [-0.2, -0.15) is 0 Å². The number of hydrogen-bond acceptors (Lipinski definition) is 3. The van der Waals surface area contributed by atoms with Crippen LogP contribution in [0.1, 0.15) is 57.9 Å². The van der Waals surface area contributed by atoms with Crippen molar-refractivity contribution in [2.45, 2.75) is 65.0 Å². The third kappa shape index (κ3) is 5.32. The summed E-state index contributed by atoms with van der Waals surface area (Å²) >= 11 is 0. The van der Waals surface area contributed by atoms with Crippen LogP contribution in [0.15, 0.2) is 30.3 Å². The fourth-order valence-corrected chi connectivity index (χ4v) is 4.38. The van der Waals surface area contributed by atoms with E-state index < -0.39 is 5.41 Å². The second-order valence-electron chi connectivity index (χ2n) is 8.44. The van der Waals surface area contributed by atoms with E-state index in [1.165, 1.54) is 5.56 Å². The van der Waals surface area contributed by atoms with Crippen LogP contribution in [0.2, 0.25) is 0 Å². The molecule has 2 aliphatic rings. The van der Waals surface area contributed by atoms with Crippen LogP contribution >= 0.6 is 12.4 Å². The Morgan fingerprint density at radius 3 is 2.14 bits per heavy atom. The van der Waals surface area contributed by atoms with Gasteiger partial charge in [0.05, 0.1) is 5.41 Å². The summed E-state index contributed by atoms with van der Waals surface area (Å²) in [6, 6.07) is 10.6. The van der Waals surface area contributed by atoms with Gasteiger partial charge in [-0.1, -0.05) is 44.2 Å². The maximum atomic E-state index is 13.2. The Hall–Kier alpha value is -1.59. The Bertz CT molecular complexity index is 658. The minimum atomic E-state index is -0.440. The van der Waals surface area contributed by atoms with E-state index in [4.69, 9.17) is 5.73 Å². The lowest BCUT2D eigenvalue weighted by Gasteiger charge is -2.39. The summed E-state index contributed by atoms with van der Waals surface area (Å²) in [7, 11) is 0. The first kappa shape index (κ1) is 23.7. The largest absolute Gasteiger partial charge is 0.342 e. The van der Waals surface area contributed by atoms with Gasteiger partial charge in [-0.3, -0.25) is 9.59 Å². The van der Waals surface area contributed by atoms with Crippen molar-refractivity contribution in [1.82, 2.24) is 9.80 Å². The predicted octanol–water partition coefficient (Wildman–Crippen LogP) is 3.60. The van der Waals surface area contributed by atoms with Gasteiger partial charge < -0.3 is 15.5 Å². The van der Waals surface area contributed by atoms with Crippen LogP contribution in [0.5, 0.6) is 0 Å². The number of likely N-dealkylation sites (tertiary alicyclic amines) is 1. The topological polar surface area (TPSA) is 66.6 Å². The Morgan fingerprint density at radius 1 is 1.07 bits per heavy atom. The average molecular weight is 422 g/mol. The van der Waals surface area contributed by atoms with E-state index in [1.807, 2.05) is 36.9 Å². The van der Waals surface area contributed by atoms with Crippen molar-refractivity contribution in [3.8, 4) is 0 Å². The molecule has 0 atom stereocenters. The van der Waals surface area contributed by atoms with Gasteiger partial charge in [-0.05, 0) is 44.1 Å². The van der Waals surface area contributed by atoms with Gasteiger partial charge in [-0.15, -0.1) is 12.4 Å². The molecular weight excluding hydrogens is 386 g/mol. The molecule has 1 aliphatic carbocycles. The molecule has 2 fully saturated rings. The molecule has 5 nitrogen and oxygen atoms in total. The molecule has 0 aromatic heterocycles. The number of carbonyl (C=O) groups excluding carboxylic acids is 2. The second-order valence-corrected chi connectivity index (χ2v) is 8.44. The van der Waals surface area contributed by atoms with Crippen molar-refractivity contribution in [2.75, 3.05) is 19.6 Å². The van der Waals surface area contributed by atoms with Gasteiger partial charge in [0.25, 0.3) is 0 Å². The summed E-state index contributed by atoms with van der Waals surface area (Å²) in [6.07, 6.45) is 5.28. The molecule has 1 saturated carbocycles. The number of nitrogens with zero attached hydrogens (tertiary/aromatic N) is 2. The van der Waals surface area contributed by atoms with E-state index in [1.54, 1.807) is 0 Å². The summed E-state index contributed by atoms with van der Waals surface area (Å²) in [5.41, 5.74) is 6.71. The summed E-state index contributed by atoms with van der Waals surface area (Å²) in [5, 5.41) is 0.